The Morgan fingerprint density at radius 2 is 1.62 bits per heavy atom. The molecular formula is C9H18O3S. The Hall–Kier alpha value is -0.0900. The molecule has 0 amide bonds. The molecule has 0 atom stereocenters. The third kappa shape index (κ3) is 2.95. The van der Waals surface area contributed by atoms with Gasteiger partial charge in [0.25, 0.3) is 10.1 Å². The van der Waals surface area contributed by atoms with Crippen molar-refractivity contribution in [3.63, 3.8) is 0 Å². The average Bonchev–Trinajstić information content (AvgIpc) is 2.03. The third-order valence-corrected chi connectivity index (χ3v) is 4.40. The number of rotatable bonds is 2. The molecule has 0 aliphatic heterocycles. The summed E-state index contributed by atoms with van der Waals surface area (Å²) in [5, 5.41) is -0.498. The summed E-state index contributed by atoms with van der Waals surface area (Å²) in [4.78, 5) is 0. The molecule has 0 spiro atoms. The highest BCUT2D eigenvalue weighted by atomic mass is 32.2. The van der Waals surface area contributed by atoms with Crippen LogP contribution in [0.4, 0.5) is 0 Å². The molecule has 0 unspecified atom stereocenters. The predicted molar refractivity (Wildman–Crippen MR) is 52.1 cm³/mol. The van der Waals surface area contributed by atoms with Crippen molar-refractivity contribution in [1.82, 2.24) is 0 Å². The van der Waals surface area contributed by atoms with Gasteiger partial charge in [-0.25, -0.2) is 0 Å². The van der Waals surface area contributed by atoms with E-state index in [1.165, 1.54) is 0 Å². The van der Waals surface area contributed by atoms with Crippen LogP contribution in [0.2, 0.25) is 0 Å². The van der Waals surface area contributed by atoms with E-state index >= 15 is 0 Å². The lowest BCUT2D eigenvalue weighted by Gasteiger charge is -2.29. The van der Waals surface area contributed by atoms with Crippen molar-refractivity contribution < 1.29 is 13.0 Å². The molecule has 1 rings (SSSR count). The molecule has 1 fully saturated rings. The van der Waals surface area contributed by atoms with Gasteiger partial charge < -0.3 is 0 Å². The predicted octanol–water partition coefficient (Wildman–Crippen LogP) is 2.09. The van der Waals surface area contributed by atoms with Crippen molar-refractivity contribution in [2.75, 3.05) is 0 Å². The van der Waals surface area contributed by atoms with Crippen molar-refractivity contribution >= 4 is 10.1 Å². The molecule has 4 heteroatoms. The minimum absolute atomic E-state index is 0.498. The fourth-order valence-corrected chi connectivity index (χ4v) is 2.92. The smallest absolute Gasteiger partial charge is 0.267 e. The Bertz CT molecular complexity index is 248. The molecule has 1 aliphatic rings. The van der Waals surface area contributed by atoms with Crippen LogP contribution in [0.1, 0.15) is 39.5 Å². The van der Waals surface area contributed by atoms with E-state index in [0.717, 1.165) is 12.8 Å². The maximum Gasteiger partial charge on any atom is 0.267 e. The average molecular weight is 206 g/mol. The van der Waals surface area contributed by atoms with Gasteiger partial charge in [-0.15, -0.1) is 0 Å². The first-order chi connectivity index (χ1) is 5.91. The molecule has 0 bridgehead atoms. The van der Waals surface area contributed by atoms with Gasteiger partial charge in [-0.3, -0.25) is 4.55 Å². The van der Waals surface area contributed by atoms with Crippen molar-refractivity contribution in [3.05, 3.63) is 0 Å². The van der Waals surface area contributed by atoms with E-state index in [1.807, 2.05) is 0 Å². The summed E-state index contributed by atoms with van der Waals surface area (Å²) >= 11 is 0. The second-order valence-corrected chi connectivity index (χ2v) is 5.99. The van der Waals surface area contributed by atoms with Crippen molar-refractivity contribution in [2.24, 2.45) is 11.8 Å². The van der Waals surface area contributed by atoms with E-state index in [9.17, 15) is 8.42 Å². The summed E-state index contributed by atoms with van der Waals surface area (Å²) in [6, 6.07) is 0. The molecule has 0 saturated heterocycles. The first kappa shape index (κ1) is 11.0. The number of hydrogen-bond donors (Lipinski definition) is 1. The van der Waals surface area contributed by atoms with E-state index in [4.69, 9.17) is 4.55 Å². The lowest BCUT2D eigenvalue weighted by molar-refractivity contribution is 0.274. The van der Waals surface area contributed by atoms with Gasteiger partial charge in [0.2, 0.25) is 0 Å². The van der Waals surface area contributed by atoms with Gasteiger partial charge in [-0.2, -0.15) is 8.42 Å². The van der Waals surface area contributed by atoms with Gasteiger partial charge in [0, 0.05) is 0 Å². The monoisotopic (exact) mass is 206 g/mol. The first-order valence-corrected chi connectivity index (χ1v) is 6.38. The molecule has 0 aromatic carbocycles. The van der Waals surface area contributed by atoms with Gasteiger partial charge >= 0.3 is 0 Å². The molecule has 0 radical (unpaired) electrons. The topological polar surface area (TPSA) is 54.4 Å². The minimum Gasteiger partial charge on any atom is -0.285 e. The van der Waals surface area contributed by atoms with Gasteiger partial charge in [0.1, 0.15) is 0 Å². The zero-order valence-corrected chi connectivity index (χ0v) is 9.05. The standard InChI is InChI=1S/C9H18O3S/c1-7(2)8-3-5-9(6-4-8)13(10,11)12/h7-9H,3-6H2,1-2H3,(H,10,11,12). The Kier molecular flexibility index (Phi) is 3.35. The van der Waals surface area contributed by atoms with Crippen molar-refractivity contribution in [2.45, 2.75) is 44.8 Å². The van der Waals surface area contributed by atoms with Crippen LogP contribution < -0.4 is 0 Å². The van der Waals surface area contributed by atoms with Crippen LogP contribution in [0.5, 0.6) is 0 Å². The highest BCUT2D eigenvalue weighted by Crippen LogP contribution is 2.32. The summed E-state index contributed by atoms with van der Waals surface area (Å²) in [5.74, 6) is 1.26. The summed E-state index contributed by atoms with van der Waals surface area (Å²) in [5.41, 5.74) is 0. The molecule has 78 valence electrons. The zero-order chi connectivity index (χ0) is 10.1. The second-order valence-electron chi connectivity index (χ2n) is 4.30. The maximum absolute atomic E-state index is 10.8. The van der Waals surface area contributed by atoms with E-state index in [2.05, 4.69) is 13.8 Å². The normalized spacial score (nSPS) is 30.8. The SMILES string of the molecule is CC(C)C1CCC(S(=O)(=O)O)CC1. The molecule has 1 aliphatic carbocycles. The van der Waals surface area contributed by atoms with Gasteiger partial charge in [0.15, 0.2) is 0 Å². The summed E-state index contributed by atoms with van der Waals surface area (Å²) in [6.07, 6.45) is 3.12. The van der Waals surface area contributed by atoms with E-state index in [1.54, 1.807) is 0 Å². The maximum atomic E-state index is 10.8. The minimum atomic E-state index is -3.78. The summed E-state index contributed by atoms with van der Waals surface area (Å²) in [7, 11) is -3.78. The Morgan fingerprint density at radius 3 is 1.92 bits per heavy atom. The van der Waals surface area contributed by atoms with Gasteiger partial charge in [0.05, 0.1) is 5.25 Å². The molecule has 0 heterocycles. The van der Waals surface area contributed by atoms with Crippen LogP contribution in [-0.2, 0) is 10.1 Å². The fraction of sp³-hybridized carbons (Fsp3) is 1.00. The molecule has 1 saturated carbocycles. The van der Waals surface area contributed by atoms with E-state index in [0.29, 0.717) is 24.7 Å². The molecule has 3 nitrogen and oxygen atoms in total. The van der Waals surface area contributed by atoms with Crippen LogP contribution in [0.3, 0.4) is 0 Å². The molecule has 0 aromatic heterocycles. The first-order valence-electron chi connectivity index (χ1n) is 4.87. The van der Waals surface area contributed by atoms with Crippen LogP contribution in [0, 0.1) is 11.8 Å². The molecule has 0 aromatic rings. The molecular weight excluding hydrogens is 188 g/mol. The Labute approximate surface area is 80.3 Å². The van der Waals surface area contributed by atoms with Gasteiger partial charge in [-0.05, 0) is 37.5 Å². The van der Waals surface area contributed by atoms with Crippen LogP contribution in [0.25, 0.3) is 0 Å². The van der Waals surface area contributed by atoms with Crippen LogP contribution in [-0.4, -0.2) is 18.2 Å². The summed E-state index contributed by atoms with van der Waals surface area (Å²) < 4.78 is 30.5. The highest BCUT2D eigenvalue weighted by Gasteiger charge is 2.30. The highest BCUT2D eigenvalue weighted by molar-refractivity contribution is 7.86. The van der Waals surface area contributed by atoms with Crippen LogP contribution >= 0.6 is 0 Å². The lowest BCUT2D eigenvalue weighted by atomic mass is 9.82. The van der Waals surface area contributed by atoms with Crippen molar-refractivity contribution in [1.29, 1.82) is 0 Å². The van der Waals surface area contributed by atoms with Crippen LogP contribution in [0.15, 0.2) is 0 Å². The van der Waals surface area contributed by atoms with E-state index in [-0.39, 0.29) is 0 Å². The lowest BCUT2D eigenvalue weighted by Crippen LogP contribution is -2.28. The Morgan fingerprint density at radius 1 is 1.15 bits per heavy atom. The quantitative estimate of drug-likeness (QED) is 0.704. The van der Waals surface area contributed by atoms with Gasteiger partial charge in [-0.1, -0.05) is 13.8 Å². The van der Waals surface area contributed by atoms with Crippen molar-refractivity contribution in [3.8, 4) is 0 Å². The largest absolute Gasteiger partial charge is 0.285 e. The van der Waals surface area contributed by atoms with E-state index < -0.39 is 15.4 Å². The number of hydrogen-bond acceptors (Lipinski definition) is 2. The second kappa shape index (κ2) is 3.96. The molecule has 13 heavy (non-hydrogen) atoms. The zero-order valence-electron chi connectivity index (χ0n) is 8.23. The third-order valence-electron chi connectivity index (χ3n) is 3.08. The summed E-state index contributed by atoms with van der Waals surface area (Å²) in [6.45, 7) is 4.33. The fourth-order valence-electron chi connectivity index (χ4n) is 2.05. The Balaban J connectivity index is 2.49. The molecule has 1 N–H and O–H groups in total.